The molecule has 0 aromatic rings. The molecule has 3 atom stereocenters. The highest BCUT2D eigenvalue weighted by molar-refractivity contribution is 7.89. The number of hydrogen-bond donors (Lipinski definition) is 2. The fraction of sp³-hybridized carbons (Fsp3) is 0.882. The van der Waals surface area contributed by atoms with E-state index in [0.717, 1.165) is 64.7 Å². The minimum atomic E-state index is -3.16. The molecular formula is C17H31N4O3S. The fourth-order valence-electron chi connectivity index (χ4n) is 4.74. The Labute approximate surface area is 151 Å². The van der Waals surface area contributed by atoms with Crippen LogP contribution in [0.1, 0.15) is 45.4 Å². The molecule has 0 aliphatic carbocycles. The van der Waals surface area contributed by atoms with E-state index in [-0.39, 0.29) is 17.7 Å². The number of amides is 1. The fourth-order valence-corrected chi connectivity index (χ4v) is 5.60. The van der Waals surface area contributed by atoms with E-state index in [9.17, 15) is 13.2 Å². The first-order chi connectivity index (χ1) is 11.9. The smallest absolute Gasteiger partial charge is 0.237 e. The van der Waals surface area contributed by atoms with Crippen molar-refractivity contribution in [2.75, 3.05) is 31.9 Å². The number of nitrogens with two attached hydrogens (primary N) is 1. The summed E-state index contributed by atoms with van der Waals surface area (Å²) in [6.07, 6.45) is 7.80. The Balaban J connectivity index is 1.57. The average Bonchev–Trinajstić information content (AvgIpc) is 2.77. The number of primary amides is 1. The Kier molecular flexibility index (Phi) is 5.72. The molecule has 3 aliphatic rings. The van der Waals surface area contributed by atoms with Crippen LogP contribution >= 0.6 is 0 Å². The Bertz CT molecular complexity index is 593. The van der Waals surface area contributed by atoms with Gasteiger partial charge in [0, 0.05) is 31.7 Å². The van der Waals surface area contributed by atoms with E-state index in [1.54, 1.807) is 6.92 Å². The predicted octanol–water partition coefficient (Wildman–Crippen LogP) is 0.0767. The molecule has 0 aromatic heterocycles. The molecule has 3 saturated heterocycles. The topological polar surface area (TPSA) is 95.7 Å². The summed E-state index contributed by atoms with van der Waals surface area (Å²) in [5.41, 5.74) is 5.27. The Morgan fingerprint density at radius 3 is 2.88 bits per heavy atom. The molecule has 0 unspecified atom stereocenters. The van der Waals surface area contributed by atoms with Crippen LogP contribution in [0.15, 0.2) is 0 Å². The number of carbonyl (C=O) groups excluding carboxylic acids is 1. The van der Waals surface area contributed by atoms with Crippen molar-refractivity contribution < 1.29 is 13.2 Å². The molecule has 3 aliphatic heterocycles. The first-order valence-corrected chi connectivity index (χ1v) is 11.1. The first kappa shape index (κ1) is 19.1. The Hall–Kier alpha value is -0.700. The number of piperidine rings is 2. The lowest BCUT2D eigenvalue weighted by molar-refractivity contribution is -0.130. The maximum atomic E-state index is 12.1. The molecule has 3 rings (SSSR count). The SMILES string of the molecule is CCS(=O)(=O)N[C@@H]1CCCN(CCN2[C@@H]3C[CH]C[C@@]2(C(N)=O)CC3)C1. The van der Waals surface area contributed by atoms with Crippen molar-refractivity contribution >= 4 is 15.9 Å². The molecule has 0 saturated carbocycles. The highest BCUT2D eigenvalue weighted by Gasteiger charge is 2.52. The van der Waals surface area contributed by atoms with Gasteiger partial charge in [0.25, 0.3) is 0 Å². The van der Waals surface area contributed by atoms with Crippen LogP contribution in [0.4, 0.5) is 0 Å². The van der Waals surface area contributed by atoms with E-state index >= 15 is 0 Å². The van der Waals surface area contributed by atoms with Crippen LogP contribution in [0.2, 0.25) is 0 Å². The third-order valence-corrected chi connectivity index (χ3v) is 7.60. The summed E-state index contributed by atoms with van der Waals surface area (Å²) in [6.45, 7) is 5.08. The summed E-state index contributed by atoms with van der Waals surface area (Å²) in [5.74, 6) is -0.0745. The van der Waals surface area contributed by atoms with Gasteiger partial charge in [-0.3, -0.25) is 9.69 Å². The summed E-state index contributed by atoms with van der Waals surface area (Å²) in [5, 5.41) is 0. The lowest BCUT2D eigenvalue weighted by Gasteiger charge is -2.44. The van der Waals surface area contributed by atoms with Crippen molar-refractivity contribution in [3.63, 3.8) is 0 Å². The second-order valence-electron chi connectivity index (χ2n) is 7.67. The molecule has 1 radical (unpaired) electrons. The largest absolute Gasteiger partial charge is 0.368 e. The third kappa shape index (κ3) is 4.02. The van der Waals surface area contributed by atoms with E-state index in [0.29, 0.717) is 6.04 Å². The number of nitrogens with one attached hydrogen (secondary N) is 1. The molecule has 7 nitrogen and oxygen atoms in total. The number of likely N-dealkylation sites (tertiary alicyclic amines) is 1. The summed E-state index contributed by atoms with van der Waals surface area (Å²) in [7, 11) is -3.16. The highest BCUT2D eigenvalue weighted by atomic mass is 32.2. The van der Waals surface area contributed by atoms with Crippen LogP contribution in [0.3, 0.4) is 0 Å². The van der Waals surface area contributed by atoms with E-state index in [2.05, 4.69) is 20.9 Å². The van der Waals surface area contributed by atoms with Crippen molar-refractivity contribution in [2.45, 2.75) is 63.1 Å². The Morgan fingerprint density at radius 2 is 2.16 bits per heavy atom. The minimum absolute atomic E-state index is 0.00443. The van der Waals surface area contributed by atoms with Gasteiger partial charge in [0.05, 0.1) is 5.75 Å². The van der Waals surface area contributed by atoms with Crippen molar-refractivity contribution in [1.82, 2.24) is 14.5 Å². The molecule has 0 spiro atoms. The molecule has 3 N–H and O–H groups in total. The molecule has 0 aromatic carbocycles. The van der Waals surface area contributed by atoms with Crippen LogP contribution in [0, 0.1) is 6.42 Å². The van der Waals surface area contributed by atoms with Gasteiger partial charge in [0.2, 0.25) is 15.9 Å². The zero-order chi connectivity index (χ0) is 18.1. The van der Waals surface area contributed by atoms with E-state index in [1.165, 1.54) is 0 Å². The van der Waals surface area contributed by atoms with E-state index in [4.69, 9.17) is 5.73 Å². The summed E-state index contributed by atoms with van der Waals surface area (Å²) < 4.78 is 26.4. The molecule has 25 heavy (non-hydrogen) atoms. The number of hydrogen-bond acceptors (Lipinski definition) is 5. The number of sulfonamides is 1. The van der Waals surface area contributed by atoms with Crippen LogP contribution < -0.4 is 10.5 Å². The van der Waals surface area contributed by atoms with Gasteiger partial charge < -0.3 is 10.6 Å². The first-order valence-electron chi connectivity index (χ1n) is 9.47. The number of nitrogens with zero attached hydrogens (tertiary/aromatic N) is 2. The van der Waals surface area contributed by atoms with Gasteiger partial charge in [-0.1, -0.05) is 0 Å². The summed E-state index contributed by atoms with van der Waals surface area (Å²) in [4.78, 5) is 16.8. The van der Waals surface area contributed by atoms with Gasteiger partial charge in [-0.25, -0.2) is 13.1 Å². The monoisotopic (exact) mass is 371 g/mol. The lowest BCUT2D eigenvalue weighted by Crippen LogP contribution is -2.60. The zero-order valence-corrected chi connectivity index (χ0v) is 15.9. The normalized spacial score (nSPS) is 34.3. The van der Waals surface area contributed by atoms with Crippen molar-refractivity contribution in [3.8, 4) is 0 Å². The van der Waals surface area contributed by atoms with Crippen LogP contribution in [-0.4, -0.2) is 73.7 Å². The van der Waals surface area contributed by atoms with Gasteiger partial charge in [-0.2, -0.15) is 0 Å². The number of fused-ring (bicyclic) bond motifs is 2. The van der Waals surface area contributed by atoms with Gasteiger partial charge in [0.15, 0.2) is 0 Å². The van der Waals surface area contributed by atoms with Crippen LogP contribution in [-0.2, 0) is 14.8 Å². The second-order valence-corrected chi connectivity index (χ2v) is 9.71. The number of rotatable bonds is 7. The van der Waals surface area contributed by atoms with Gasteiger partial charge >= 0.3 is 0 Å². The van der Waals surface area contributed by atoms with E-state index < -0.39 is 15.6 Å². The van der Waals surface area contributed by atoms with Crippen LogP contribution in [0.5, 0.6) is 0 Å². The predicted molar refractivity (Wildman–Crippen MR) is 97.2 cm³/mol. The minimum Gasteiger partial charge on any atom is -0.368 e. The molecule has 3 fully saturated rings. The molecule has 3 heterocycles. The third-order valence-electron chi connectivity index (χ3n) is 6.15. The molecule has 8 heteroatoms. The zero-order valence-electron chi connectivity index (χ0n) is 15.1. The molecule has 143 valence electrons. The second kappa shape index (κ2) is 7.50. The highest BCUT2D eigenvalue weighted by Crippen LogP contribution is 2.43. The van der Waals surface area contributed by atoms with Crippen molar-refractivity contribution in [1.29, 1.82) is 0 Å². The van der Waals surface area contributed by atoms with Gasteiger partial charge in [-0.05, 0) is 58.4 Å². The van der Waals surface area contributed by atoms with Gasteiger partial charge in [0.1, 0.15) is 5.54 Å². The van der Waals surface area contributed by atoms with Crippen molar-refractivity contribution in [3.05, 3.63) is 6.42 Å². The standard InChI is InChI=1S/C17H31N4O3S/c1-2-25(23,24)19-14-5-4-10-20(13-14)11-12-21-15-6-3-8-17(21,9-7-15)16(18)22/h3,14-15,19H,2,4-13H2,1H3,(H2,18,22)/t14-,15-,17+/m1/s1. The van der Waals surface area contributed by atoms with E-state index in [1.807, 2.05) is 0 Å². The van der Waals surface area contributed by atoms with Crippen molar-refractivity contribution in [2.24, 2.45) is 5.73 Å². The average molecular weight is 372 g/mol. The van der Waals surface area contributed by atoms with Crippen LogP contribution in [0.25, 0.3) is 0 Å². The quantitative estimate of drug-likeness (QED) is 0.661. The number of carbonyl (C=O) groups is 1. The maximum Gasteiger partial charge on any atom is 0.237 e. The Morgan fingerprint density at radius 1 is 1.36 bits per heavy atom. The summed E-state index contributed by atoms with van der Waals surface area (Å²) >= 11 is 0. The molecule has 2 bridgehead atoms. The lowest BCUT2D eigenvalue weighted by atomic mass is 9.87. The molecular weight excluding hydrogens is 340 g/mol. The van der Waals surface area contributed by atoms with Gasteiger partial charge in [-0.15, -0.1) is 0 Å². The molecule has 1 amide bonds. The maximum absolute atomic E-state index is 12.1. The summed E-state index contributed by atoms with van der Waals surface area (Å²) in [6, 6.07) is 0.427.